The smallest absolute Gasteiger partial charge is 0.241 e. The van der Waals surface area contributed by atoms with E-state index in [4.69, 9.17) is 4.42 Å². The lowest BCUT2D eigenvalue weighted by molar-refractivity contribution is -0.121. The number of amidine groups is 1. The third-order valence-corrected chi connectivity index (χ3v) is 5.27. The average molecular weight is 385 g/mol. The van der Waals surface area contributed by atoms with E-state index in [9.17, 15) is 9.59 Å². The van der Waals surface area contributed by atoms with Gasteiger partial charge in [0.1, 0.15) is 11.9 Å². The van der Waals surface area contributed by atoms with Crippen molar-refractivity contribution in [3.63, 3.8) is 0 Å². The van der Waals surface area contributed by atoms with Crippen LogP contribution in [0.5, 0.6) is 0 Å². The van der Waals surface area contributed by atoms with Crippen molar-refractivity contribution in [1.82, 2.24) is 16.2 Å². The molecular formula is C18H19N5O3S. The van der Waals surface area contributed by atoms with E-state index in [0.717, 1.165) is 5.69 Å². The first-order valence-electron chi connectivity index (χ1n) is 8.59. The number of hydrogen-bond donors (Lipinski definition) is 3. The van der Waals surface area contributed by atoms with E-state index >= 15 is 0 Å². The van der Waals surface area contributed by atoms with Gasteiger partial charge >= 0.3 is 0 Å². The molecule has 1 saturated heterocycles. The molecular weight excluding hydrogens is 366 g/mol. The van der Waals surface area contributed by atoms with Crippen molar-refractivity contribution in [3.8, 4) is 0 Å². The molecule has 2 aliphatic heterocycles. The molecule has 0 spiro atoms. The number of aliphatic imine (C=N–C) groups is 1. The Balaban J connectivity index is 1.46. The molecule has 1 aromatic heterocycles. The number of thioether (sulfide) groups is 1. The molecule has 27 heavy (non-hydrogen) atoms. The molecule has 0 bridgehead atoms. The lowest BCUT2D eigenvalue weighted by Crippen LogP contribution is -2.49. The molecule has 2 atom stereocenters. The van der Waals surface area contributed by atoms with Crippen molar-refractivity contribution < 1.29 is 14.0 Å². The molecule has 140 valence electrons. The van der Waals surface area contributed by atoms with Crippen molar-refractivity contribution in [2.24, 2.45) is 10.9 Å². The summed E-state index contributed by atoms with van der Waals surface area (Å²) in [7, 11) is 0. The number of rotatable bonds is 5. The molecule has 4 rings (SSSR count). The number of hydrazine groups is 1. The standard InChI is InChI=1S/C18H19N5O3S/c24-15(19-9-13-7-4-8-26-13)11-27-18-21-16-14(10-20-22-16)17(25)23(18)12-5-2-1-3-6-12/h1-8,14,16,20,22H,9-11H2,(H,19,24). The van der Waals surface area contributed by atoms with E-state index in [1.807, 2.05) is 30.3 Å². The van der Waals surface area contributed by atoms with E-state index in [1.165, 1.54) is 11.8 Å². The molecule has 2 aromatic rings. The molecule has 2 amide bonds. The summed E-state index contributed by atoms with van der Waals surface area (Å²) in [6.45, 7) is 0.855. The zero-order valence-electron chi connectivity index (χ0n) is 14.4. The molecule has 1 aromatic carbocycles. The minimum Gasteiger partial charge on any atom is -0.467 e. The number of nitrogens with zero attached hydrogens (tertiary/aromatic N) is 2. The highest BCUT2D eigenvalue weighted by Gasteiger charge is 2.42. The lowest BCUT2D eigenvalue weighted by atomic mass is 10.1. The van der Waals surface area contributed by atoms with Crippen LogP contribution < -0.4 is 21.1 Å². The summed E-state index contributed by atoms with van der Waals surface area (Å²) in [5, 5.41) is 3.31. The third-order valence-electron chi connectivity index (χ3n) is 4.32. The normalized spacial score (nSPS) is 21.7. The van der Waals surface area contributed by atoms with Crippen LogP contribution in [-0.4, -0.2) is 35.4 Å². The summed E-state index contributed by atoms with van der Waals surface area (Å²) in [6.07, 6.45) is 1.25. The Bertz CT molecular complexity index is 840. The Morgan fingerprint density at radius 3 is 2.93 bits per heavy atom. The Morgan fingerprint density at radius 2 is 2.15 bits per heavy atom. The van der Waals surface area contributed by atoms with E-state index in [0.29, 0.717) is 24.0 Å². The Hall–Kier alpha value is -2.62. The molecule has 8 nitrogen and oxygen atoms in total. The quantitative estimate of drug-likeness (QED) is 0.712. The van der Waals surface area contributed by atoms with Crippen molar-refractivity contribution in [3.05, 3.63) is 54.5 Å². The molecule has 0 radical (unpaired) electrons. The maximum Gasteiger partial charge on any atom is 0.241 e. The Kier molecular flexibility index (Phi) is 5.23. The molecule has 2 aliphatic rings. The van der Waals surface area contributed by atoms with Gasteiger partial charge in [0.05, 0.1) is 30.2 Å². The number of fused-ring (bicyclic) bond motifs is 1. The number of anilines is 1. The number of carbonyl (C=O) groups excluding carboxylic acids is 2. The van der Waals surface area contributed by atoms with Crippen LogP contribution in [0.25, 0.3) is 0 Å². The van der Waals surface area contributed by atoms with E-state index < -0.39 is 0 Å². The van der Waals surface area contributed by atoms with E-state index in [2.05, 4.69) is 21.2 Å². The molecule has 1 fully saturated rings. The van der Waals surface area contributed by atoms with Gasteiger partial charge in [-0.25, -0.2) is 10.4 Å². The van der Waals surface area contributed by atoms with Crippen LogP contribution in [0.15, 0.2) is 58.1 Å². The Morgan fingerprint density at radius 1 is 1.30 bits per heavy atom. The molecule has 2 unspecified atom stereocenters. The van der Waals surface area contributed by atoms with Crippen molar-refractivity contribution in [2.45, 2.75) is 12.7 Å². The number of carbonyl (C=O) groups is 2. The van der Waals surface area contributed by atoms with Crippen LogP contribution in [0, 0.1) is 5.92 Å². The summed E-state index contributed by atoms with van der Waals surface area (Å²) in [4.78, 5) is 31.4. The fourth-order valence-corrected chi connectivity index (χ4v) is 3.84. The number of para-hydroxylation sites is 1. The van der Waals surface area contributed by atoms with Gasteiger partial charge in [-0.3, -0.25) is 19.9 Å². The zero-order valence-corrected chi connectivity index (χ0v) is 15.2. The first-order chi connectivity index (χ1) is 13.2. The highest BCUT2D eigenvalue weighted by molar-refractivity contribution is 8.14. The second-order valence-electron chi connectivity index (χ2n) is 6.14. The highest BCUT2D eigenvalue weighted by atomic mass is 32.2. The van der Waals surface area contributed by atoms with E-state index in [-0.39, 0.29) is 29.7 Å². The van der Waals surface area contributed by atoms with Gasteiger partial charge in [-0.15, -0.1) is 0 Å². The topological polar surface area (TPSA) is 99.0 Å². The summed E-state index contributed by atoms with van der Waals surface area (Å²) >= 11 is 1.24. The molecule has 3 heterocycles. The number of hydrogen-bond acceptors (Lipinski definition) is 7. The fraction of sp³-hybridized carbons (Fsp3) is 0.278. The molecule has 0 saturated carbocycles. The summed E-state index contributed by atoms with van der Waals surface area (Å²) in [5.74, 6) is 0.397. The van der Waals surface area contributed by atoms with Crippen LogP contribution in [0.4, 0.5) is 5.69 Å². The van der Waals surface area contributed by atoms with Gasteiger partial charge in [-0.05, 0) is 24.3 Å². The third kappa shape index (κ3) is 3.90. The maximum absolute atomic E-state index is 13.0. The lowest BCUT2D eigenvalue weighted by Gasteiger charge is -2.32. The van der Waals surface area contributed by atoms with Gasteiger partial charge in [0.25, 0.3) is 0 Å². The molecule has 0 aliphatic carbocycles. The Labute approximate surface area is 160 Å². The monoisotopic (exact) mass is 385 g/mol. The maximum atomic E-state index is 13.0. The van der Waals surface area contributed by atoms with Crippen LogP contribution in [0.1, 0.15) is 5.76 Å². The predicted molar refractivity (Wildman–Crippen MR) is 103 cm³/mol. The van der Waals surface area contributed by atoms with Gasteiger partial charge in [0, 0.05) is 6.54 Å². The molecule has 9 heteroatoms. The second kappa shape index (κ2) is 7.95. The second-order valence-corrected chi connectivity index (χ2v) is 7.08. The summed E-state index contributed by atoms with van der Waals surface area (Å²) < 4.78 is 5.20. The van der Waals surface area contributed by atoms with Gasteiger partial charge in [0.15, 0.2) is 5.17 Å². The zero-order chi connectivity index (χ0) is 18.6. The minimum atomic E-state index is -0.314. The highest BCUT2D eigenvalue weighted by Crippen LogP contribution is 2.29. The van der Waals surface area contributed by atoms with Gasteiger partial charge in [0.2, 0.25) is 11.8 Å². The van der Waals surface area contributed by atoms with E-state index in [1.54, 1.807) is 23.3 Å². The first-order valence-corrected chi connectivity index (χ1v) is 9.58. The summed E-state index contributed by atoms with van der Waals surface area (Å²) in [6, 6.07) is 12.9. The van der Waals surface area contributed by atoms with Crippen LogP contribution in [0.3, 0.4) is 0 Å². The number of nitrogens with one attached hydrogen (secondary N) is 3. The number of amides is 2. The SMILES string of the molecule is O=C(CSC1=NC2NNCC2C(=O)N1c1ccccc1)NCc1ccco1. The predicted octanol–water partition coefficient (Wildman–Crippen LogP) is 1.08. The molecule has 3 N–H and O–H groups in total. The van der Waals surface area contributed by atoms with Crippen LogP contribution in [-0.2, 0) is 16.1 Å². The average Bonchev–Trinajstić information content (AvgIpc) is 3.37. The first kappa shape index (κ1) is 17.8. The fourth-order valence-electron chi connectivity index (χ4n) is 2.96. The van der Waals surface area contributed by atoms with Crippen molar-refractivity contribution >= 4 is 34.4 Å². The number of benzene rings is 1. The van der Waals surface area contributed by atoms with Gasteiger partial charge < -0.3 is 9.73 Å². The van der Waals surface area contributed by atoms with Gasteiger partial charge in [-0.2, -0.15) is 0 Å². The summed E-state index contributed by atoms with van der Waals surface area (Å²) in [5.41, 5.74) is 6.74. The number of furan rings is 1. The van der Waals surface area contributed by atoms with Crippen molar-refractivity contribution in [2.75, 3.05) is 17.2 Å². The van der Waals surface area contributed by atoms with Crippen molar-refractivity contribution in [1.29, 1.82) is 0 Å². The van der Waals surface area contributed by atoms with Gasteiger partial charge in [-0.1, -0.05) is 30.0 Å². The van der Waals surface area contributed by atoms with Crippen LogP contribution in [0.2, 0.25) is 0 Å². The largest absolute Gasteiger partial charge is 0.467 e. The minimum absolute atomic E-state index is 0.0304. The van der Waals surface area contributed by atoms with Crippen LogP contribution >= 0.6 is 11.8 Å².